The fourth-order valence-electron chi connectivity index (χ4n) is 3.08. The van der Waals surface area contributed by atoms with Gasteiger partial charge in [0.25, 0.3) is 5.91 Å². The van der Waals surface area contributed by atoms with Gasteiger partial charge in [0.1, 0.15) is 5.75 Å². The first-order valence-electron chi connectivity index (χ1n) is 8.17. The fraction of sp³-hybridized carbons (Fsp3) is 0.421. The summed E-state index contributed by atoms with van der Waals surface area (Å²) in [6.07, 6.45) is 4.19. The van der Waals surface area contributed by atoms with Crippen LogP contribution in [0.1, 0.15) is 39.7 Å². The van der Waals surface area contributed by atoms with Gasteiger partial charge in [0, 0.05) is 16.8 Å². The van der Waals surface area contributed by atoms with Gasteiger partial charge in [-0.1, -0.05) is 19.1 Å². The average Bonchev–Trinajstić information content (AvgIpc) is 2.98. The molecule has 1 amide bonds. The van der Waals surface area contributed by atoms with E-state index < -0.39 is 0 Å². The molecule has 0 saturated heterocycles. The number of hydrogen-bond acceptors (Lipinski definition) is 3. The Morgan fingerprint density at radius 2 is 2.13 bits per heavy atom. The molecule has 0 unspecified atom stereocenters. The van der Waals surface area contributed by atoms with Gasteiger partial charge in [-0.15, -0.1) is 11.3 Å². The first-order valence-corrected chi connectivity index (χ1v) is 9.05. The Kier molecular flexibility index (Phi) is 5.01. The monoisotopic (exact) mass is 329 g/mol. The number of methoxy groups -OCH3 is 1. The van der Waals surface area contributed by atoms with Crippen LogP contribution in [0.5, 0.6) is 5.75 Å². The summed E-state index contributed by atoms with van der Waals surface area (Å²) in [5, 5.41) is 5.09. The number of nitrogens with one attached hydrogen (secondary N) is 1. The summed E-state index contributed by atoms with van der Waals surface area (Å²) in [6, 6.07) is 7.98. The van der Waals surface area contributed by atoms with Gasteiger partial charge in [-0.25, -0.2) is 0 Å². The summed E-state index contributed by atoms with van der Waals surface area (Å²) in [5.41, 5.74) is 3.38. The molecule has 0 fully saturated rings. The van der Waals surface area contributed by atoms with Crippen LogP contribution >= 0.6 is 11.3 Å². The normalized spacial score (nSPS) is 16.7. The van der Waals surface area contributed by atoms with Crippen molar-refractivity contribution in [3.63, 3.8) is 0 Å². The van der Waals surface area contributed by atoms with E-state index in [2.05, 4.69) is 12.2 Å². The van der Waals surface area contributed by atoms with Crippen molar-refractivity contribution in [3.05, 3.63) is 51.2 Å². The minimum atomic E-state index is 0.0746. The van der Waals surface area contributed by atoms with Crippen molar-refractivity contribution in [2.75, 3.05) is 13.7 Å². The lowest BCUT2D eigenvalue weighted by molar-refractivity contribution is 0.0953. The van der Waals surface area contributed by atoms with Gasteiger partial charge in [0.2, 0.25) is 0 Å². The largest absolute Gasteiger partial charge is 0.497 e. The van der Waals surface area contributed by atoms with Crippen LogP contribution in [-0.2, 0) is 19.3 Å². The average molecular weight is 329 g/mol. The number of benzene rings is 1. The molecule has 0 bridgehead atoms. The summed E-state index contributed by atoms with van der Waals surface area (Å²) in [5.74, 6) is 1.68. The first kappa shape index (κ1) is 16.1. The Bertz CT molecular complexity index is 675. The topological polar surface area (TPSA) is 38.3 Å². The van der Waals surface area contributed by atoms with Crippen LogP contribution in [0.15, 0.2) is 29.6 Å². The van der Waals surface area contributed by atoms with Crippen molar-refractivity contribution < 1.29 is 9.53 Å². The molecule has 1 aliphatic rings. The summed E-state index contributed by atoms with van der Waals surface area (Å²) in [6.45, 7) is 2.95. The molecule has 1 atom stereocenters. The van der Waals surface area contributed by atoms with Crippen molar-refractivity contribution in [1.82, 2.24) is 5.32 Å². The van der Waals surface area contributed by atoms with Crippen molar-refractivity contribution in [2.45, 2.75) is 32.6 Å². The van der Waals surface area contributed by atoms with Gasteiger partial charge in [0.05, 0.1) is 12.7 Å². The van der Waals surface area contributed by atoms with E-state index in [0.717, 1.165) is 36.5 Å². The highest BCUT2D eigenvalue weighted by Gasteiger charge is 2.22. The van der Waals surface area contributed by atoms with Crippen LogP contribution in [0.4, 0.5) is 0 Å². The van der Waals surface area contributed by atoms with E-state index in [1.165, 1.54) is 22.4 Å². The molecule has 122 valence electrons. The molecule has 2 aromatic rings. The lowest BCUT2D eigenvalue weighted by atomic mass is 9.88. The molecule has 1 aromatic heterocycles. The molecule has 0 saturated carbocycles. The highest BCUT2D eigenvalue weighted by Crippen LogP contribution is 2.32. The predicted molar refractivity (Wildman–Crippen MR) is 94.5 cm³/mol. The Morgan fingerprint density at radius 1 is 1.35 bits per heavy atom. The number of rotatable bonds is 5. The van der Waals surface area contributed by atoms with Gasteiger partial charge < -0.3 is 10.1 Å². The third kappa shape index (κ3) is 3.75. The molecule has 1 heterocycles. The van der Waals surface area contributed by atoms with Gasteiger partial charge in [-0.05, 0) is 54.9 Å². The molecular formula is C19H23NO2S. The Morgan fingerprint density at radius 3 is 2.87 bits per heavy atom. The third-order valence-electron chi connectivity index (χ3n) is 4.50. The molecule has 1 aliphatic carbocycles. The zero-order valence-electron chi connectivity index (χ0n) is 13.7. The molecule has 23 heavy (non-hydrogen) atoms. The summed E-state index contributed by atoms with van der Waals surface area (Å²) >= 11 is 1.74. The van der Waals surface area contributed by atoms with Crippen LogP contribution in [0.25, 0.3) is 0 Å². The van der Waals surface area contributed by atoms with Crippen molar-refractivity contribution >= 4 is 17.2 Å². The molecular weight excluding hydrogens is 306 g/mol. The van der Waals surface area contributed by atoms with Gasteiger partial charge in [-0.2, -0.15) is 0 Å². The maximum atomic E-state index is 12.4. The molecule has 0 aliphatic heterocycles. The van der Waals surface area contributed by atoms with E-state index in [0.29, 0.717) is 6.54 Å². The smallest absolute Gasteiger partial charge is 0.252 e. The second kappa shape index (κ2) is 7.18. The lowest BCUT2D eigenvalue weighted by Gasteiger charge is -2.18. The van der Waals surface area contributed by atoms with E-state index >= 15 is 0 Å². The summed E-state index contributed by atoms with van der Waals surface area (Å²) < 4.78 is 5.15. The maximum absolute atomic E-state index is 12.4. The molecule has 3 rings (SSSR count). The minimum Gasteiger partial charge on any atom is -0.497 e. The first-order chi connectivity index (χ1) is 11.2. The predicted octanol–water partition coefficient (Wildman–Crippen LogP) is 3.85. The number of ether oxygens (including phenoxy) is 1. The van der Waals surface area contributed by atoms with E-state index in [4.69, 9.17) is 4.74 Å². The summed E-state index contributed by atoms with van der Waals surface area (Å²) in [7, 11) is 1.66. The molecule has 0 spiro atoms. The number of amides is 1. The summed E-state index contributed by atoms with van der Waals surface area (Å²) in [4.78, 5) is 13.8. The number of hydrogen-bond donors (Lipinski definition) is 1. The number of carbonyl (C=O) groups excluding carboxylic acids is 1. The van der Waals surface area contributed by atoms with Gasteiger partial charge >= 0.3 is 0 Å². The van der Waals surface area contributed by atoms with Crippen molar-refractivity contribution in [1.29, 1.82) is 0 Å². The van der Waals surface area contributed by atoms with Crippen LogP contribution in [0, 0.1) is 5.92 Å². The molecule has 3 nitrogen and oxygen atoms in total. The number of fused-ring (bicyclic) bond motifs is 1. The highest BCUT2D eigenvalue weighted by atomic mass is 32.1. The number of thiophene rings is 1. The molecule has 1 N–H and O–H groups in total. The fourth-order valence-corrected chi connectivity index (χ4v) is 4.32. The third-order valence-corrected chi connectivity index (χ3v) is 5.56. The highest BCUT2D eigenvalue weighted by molar-refractivity contribution is 7.10. The van der Waals surface area contributed by atoms with Crippen LogP contribution in [0.3, 0.4) is 0 Å². The zero-order chi connectivity index (χ0) is 16.2. The quantitative estimate of drug-likeness (QED) is 0.905. The maximum Gasteiger partial charge on any atom is 0.252 e. The molecule has 1 aromatic carbocycles. The molecule has 0 radical (unpaired) electrons. The van der Waals surface area contributed by atoms with Crippen molar-refractivity contribution in [3.8, 4) is 5.75 Å². The van der Waals surface area contributed by atoms with Gasteiger partial charge in [0.15, 0.2) is 0 Å². The van der Waals surface area contributed by atoms with Crippen LogP contribution in [0.2, 0.25) is 0 Å². The van der Waals surface area contributed by atoms with E-state index in [-0.39, 0.29) is 5.91 Å². The SMILES string of the molecule is COc1ccc(CCNC(=O)c2csc3c2CC[C@@H](C)C3)cc1. The second-order valence-corrected chi connectivity index (χ2v) is 7.22. The van der Waals surface area contributed by atoms with Crippen molar-refractivity contribution in [2.24, 2.45) is 5.92 Å². The van der Waals surface area contributed by atoms with Crippen LogP contribution < -0.4 is 10.1 Å². The van der Waals surface area contributed by atoms with E-state index in [1.807, 2.05) is 29.6 Å². The minimum absolute atomic E-state index is 0.0746. The zero-order valence-corrected chi connectivity index (χ0v) is 14.5. The van der Waals surface area contributed by atoms with E-state index in [1.54, 1.807) is 18.4 Å². The Labute approximate surface area is 141 Å². The lowest BCUT2D eigenvalue weighted by Crippen LogP contribution is -2.26. The van der Waals surface area contributed by atoms with Crippen LogP contribution in [-0.4, -0.2) is 19.6 Å². The van der Waals surface area contributed by atoms with E-state index in [9.17, 15) is 4.79 Å². The van der Waals surface area contributed by atoms with Gasteiger partial charge in [-0.3, -0.25) is 4.79 Å². The Balaban J connectivity index is 1.55. The molecule has 4 heteroatoms. The second-order valence-electron chi connectivity index (χ2n) is 6.25. The Hall–Kier alpha value is -1.81. The number of carbonyl (C=O) groups is 1. The standard InChI is InChI=1S/C19H23NO2S/c1-13-3-8-16-17(12-23-18(16)11-13)19(21)20-10-9-14-4-6-15(22-2)7-5-14/h4-7,12-13H,3,8-11H2,1-2H3,(H,20,21)/t13-/m1/s1.